The van der Waals surface area contributed by atoms with E-state index >= 15 is 0 Å². The minimum atomic E-state index is -1.21. The van der Waals surface area contributed by atoms with Gasteiger partial charge in [0.1, 0.15) is 0 Å². The Morgan fingerprint density at radius 2 is 2.13 bits per heavy atom. The summed E-state index contributed by atoms with van der Waals surface area (Å²) >= 11 is 0. The Morgan fingerprint density at radius 1 is 1.47 bits per heavy atom. The van der Waals surface area contributed by atoms with Gasteiger partial charge >= 0.3 is 6.09 Å². The van der Waals surface area contributed by atoms with Crippen LogP contribution in [0.25, 0.3) is 0 Å². The zero-order valence-electron chi connectivity index (χ0n) is 8.64. The Hall–Kier alpha value is -1.55. The maximum absolute atomic E-state index is 11.1. The monoisotopic (exact) mass is 209 g/mol. The first-order valence-electron chi connectivity index (χ1n) is 4.91. The smallest absolute Gasteiger partial charge is 0.409 e. The number of nitrogens with one attached hydrogen (secondary N) is 1. The van der Waals surface area contributed by atoms with Crippen molar-refractivity contribution in [1.82, 2.24) is 5.32 Å². The summed E-state index contributed by atoms with van der Waals surface area (Å²) in [7, 11) is 0. The van der Waals surface area contributed by atoms with E-state index in [1.165, 1.54) is 0 Å². The highest BCUT2D eigenvalue weighted by molar-refractivity contribution is 5.67. The number of hydrogen-bond donors (Lipinski definition) is 2. The standard InChI is InChI=1S/C11H15NO3/c1-2-8-12-11(14)15-10(13)9-6-4-3-5-7-9/h3-7,10,13H,2,8H2,1H3,(H,12,14). The van der Waals surface area contributed by atoms with E-state index in [4.69, 9.17) is 4.74 Å². The number of hydrogen-bond acceptors (Lipinski definition) is 3. The molecule has 0 aromatic heterocycles. The van der Waals surface area contributed by atoms with E-state index in [9.17, 15) is 9.90 Å². The summed E-state index contributed by atoms with van der Waals surface area (Å²) in [6.45, 7) is 2.48. The zero-order valence-corrected chi connectivity index (χ0v) is 8.64. The molecule has 4 heteroatoms. The SMILES string of the molecule is CCCNC(=O)OC(O)c1ccccc1. The van der Waals surface area contributed by atoms with Crippen LogP contribution in [0.15, 0.2) is 30.3 Å². The van der Waals surface area contributed by atoms with Gasteiger partial charge in [0.25, 0.3) is 0 Å². The van der Waals surface area contributed by atoms with Gasteiger partial charge in [-0.1, -0.05) is 37.3 Å². The van der Waals surface area contributed by atoms with Crippen LogP contribution in [-0.4, -0.2) is 17.7 Å². The van der Waals surface area contributed by atoms with Gasteiger partial charge in [-0.05, 0) is 6.42 Å². The summed E-state index contributed by atoms with van der Waals surface area (Å²) in [5.74, 6) is 0. The van der Waals surface area contributed by atoms with Crippen LogP contribution in [0.3, 0.4) is 0 Å². The Bertz CT molecular complexity index is 300. The van der Waals surface area contributed by atoms with Crippen LogP contribution in [0, 0.1) is 0 Å². The number of aliphatic hydroxyl groups is 1. The second-order valence-electron chi connectivity index (χ2n) is 3.10. The van der Waals surface area contributed by atoms with Crippen molar-refractivity contribution >= 4 is 6.09 Å². The largest absolute Gasteiger partial charge is 0.415 e. The van der Waals surface area contributed by atoms with Crippen LogP contribution < -0.4 is 5.32 Å². The lowest BCUT2D eigenvalue weighted by atomic mass is 10.2. The second-order valence-corrected chi connectivity index (χ2v) is 3.10. The summed E-state index contributed by atoms with van der Waals surface area (Å²) in [4.78, 5) is 11.1. The molecule has 0 aliphatic heterocycles. The van der Waals surface area contributed by atoms with Gasteiger partial charge in [0.05, 0.1) is 0 Å². The molecule has 2 N–H and O–H groups in total. The van der Waals surface area contributed by atoms with E-state index in [-0.39, 0.29) is 0 Å². The summed E-state index contributed by atoms with van der Waals surface area (Å²) in [5, 5.41) is 12.0. The number of amides is 1. The molecule has 1 atom stereocenters. The molecular weight excluding hydrogens is 194 g/mol. The normalized spacial score (nSPS) is 11.9. The predicted molar refractivity (Wildman–Crippen MR) is 56.2 cm³/mol. The second kappa shape index (κ2) is 6.03. The number of aliphatic hydroxyl groups excluding tert-OH is 1. The molecule has 0 aliphatic carbocycles. The molecule has 1 unspecified atom stereocenters. The van der Waals surface area contributed by atoms with Crippen molar-refractivity contribution in [3.05, 3.63) is 35.9 Å². The average Bonchev–Trinajstić information content (AvgIpc) is 2.27. The molecule has 0 saturated heterocycles. The molecule has 15 heavy (non-hydrogen) atoms. The van der Waals surface area contributed by atoms with Crippen molar-refractivity contribution in [3.63, 3.8) is 0 Å². The zero-order chi connectivity index (χ0) is 11.1. The van der Waals surface area contributed by atoms with Crippen LogP contribution in [0.5, 0.6) is 0 Å². The number of ether oxygens (including phenoxy) is 1. The van der Waals surface area contributed by atoms with Crippen LogP contribution in [0.2, 0.25) is 0 Å². The van der Waals surface area contributed by atoms with E-state index in [2.05, 4.69) is 5.32 Å². The fraction of sp³-hybridized carbons (Fsp3) is 0.364. The molecule has 0 radical (unpaired) electrons. The Balaban J connectivity index is 2.42. The first kappa shape index (κ1) is 11.5. The molecule has 0 bridgehead atoms. The number of carbonyl (C=O) groups excluding carboxylic acids is 1. The van der Waals surface area contributed by atoms with E-state index < -0.39 is 12.4 Å². The van der Waals surface area contributed by atoms with Gasteiger partial charge in [0.15, 0.2) is 0 Å². The van der Waals surface area contributed by atoms with Crippen LogP contribution >= 0.6 is 0 Å². The highest BCUT2D eigenvalue weighted by Gasteiger charge is 2.11. The van der Waals surface area contributed by atoms with Gasteiger partial charge in [-0.25, -0.2) is 4.79 Å². The molecule has 0 spiro atoms. The molecule has 4 nitrogen and oxygen atoms in total. The molecule has 82 valence electrons. The number of carbonyl (C=O) groups is 1. The van der Waals surface area contributed by atoms with E-state index in [0.29, 0.717) is 12.1 Å². The third kappa shape index (κ3) is 3.99. The van der Waals surface area contributed by atoms with E-state index in [1.54, 1.807) is 24.3 Å². The van der Waals surface area contributed by atoms with Crippen LogP contribution in [0.4, 0.5) is 4.79 Å². The predicted octanol–water partition coefficient (Wildman–Crippen LogP) is 1.81. The first-order valence-corrected chi connectivity index (χ1v) is 4.91. The molecule has 0 aliphatic rings. The van der Waals surface area contributed by atoms with Gasteiger partial charge in [-0.2, -0.15) is 0 Å². The van der Waals surface area contributed by atoms with Crippen LogP contribution in [0.1, 0.15) is 25.2 Å². The van der Waals surface area contributed by atoms with Gasteiger partial charge in [0.2, 0.25) is 6.29 Å². The molecule has 0 heterocycles. The maximum Gasteiger partial charge on any atom is 0.409 e. The molecule has 1 amide bonds. The number of rotatable bonds is 4. The maximum atomic E-state index is 11.1. The number of alkyl carbamates (subject to hydrolysis) is 1. The highest BCUT2D eigenvalue weighted by Crippen LogP contribution is 2.12. The average molecular weight is 209 g/mol. The van der Waals surface area contributed by atoms with Gasteiger partial charge in [-0.3, -0.25) is 0 Å². The first-order chi connectivity index (χ1) is 7.24. The third-order valence-corrected chi connectivity index (χ3v) is 1.82. The van der Waals surface area contributed by atoms with Crippen molar-refractivity contribution < 1.29 is 14.6 Å². The molecule has 0 fully saturated rings. The lowest BCUT2D eigenvalue weighted by Crippen LogP contribution is -2.26. The van der Waals surface area contributed by atoms with Crippen molar-refractivity contribution in [3.8, 4) is 0 Å². The lowest BCUT2D eigenvalue weighted by molar-refractivity contribution is -0.0544. The molecule has 0 saturated carbocycles. The van der Waals surface area contributed by atoms with Crippen molar-refractivity contribution in [2.45, 2.75) is 19.6 Å². The number of benzene rings is 1. The van der Waals surface area contributed by atoms with E-state index in [1.807, 2.05) is 13.0 Å². The van der Waals surface area contributed by atoms with Crippen LogP contribution in [-0.2, 0) is 4.74 Å². The molecule has 1 aromatic rings. The minimum absolute atomic E-state index is 0.542. The van der Waals surface area contributed by atoms with Gasteiger partial charge in [0, 0.05) is 12.1 Å². The van der Waals surface area contributed by atoms with Crippen molar-refractivity contribution in [2.75, 3.05) is 6.54 Å². The summed E-state index contributed by atoms with van der Waals surface area (Å²) in [6, 6.07) is 8.75. The summed E-state index contributed by atoms with van der Waals surface area (Å²) in [5.41, 5.74) is 0.559. The summed E-state index contributed by atoms with van der Waals surface area (Å²) in [6.07, 6.45) is -0.979. The Labute approximate surface area is 88.9 Å². The van der Waals surface area contributed by atoms with Gasteiger partial charge < -0.3 is 15.2 Å². The fourth-order valence-electron chi connectivity index (χ4n) is 1.06. The van der Waals surface area contributed by atoms with Crippen molar-refractivity contribution in [1.29, 1.82) is 0 Å². The summed E-state index contributed by atoms with van der Waals surface area (Å²) < 4.78 is 4.74. The Morgan fingerprint density at radius 3 is 2.73 bits per heavy atom. The molecule has 1 aromatic carbocycles. The van der Waals surface area contributed by atoms with Gasteiger partial charge in [-0.15, -0.1) is 0 Å². The molecule has 1 rings (SSSR count). The van der Waals surface area contributed by atoms with E-state index in [0.717, 1.165) is 6.42 Å². The van der Waals surface area contributed by atoms with Crippen molar-refractivity contribution in [2.24, 2.45) is 0 Å². The molecular formula is C11H15NO3. The minimum Gasteiger partial charge on any atom is -0.415 e. The fourth-order valence-corrected chi connectivity index (χ4v) is 1.06. The topological polar surface area (TPSA) is 58.6 Å². The highest BCUT2D eigenvalue weighted by atomic mass is 16.6. The third-order valence-electron chi connectivity index (χ3n) is 1.82. The Kier molecular flexibility index (Phi) is 4.63. The lowest BCUT2D eigenvalue weighted by Gasteiger charge is -2.12. The quantitative estimate of drug-likeness (QED) is 0.743.